The van der Waals surface area contributed by atoms with E-state index < -0.39 is 22.0 Å². The first-order valence-corrected chi connectivity index (χ1v) is 8.75. The molecule has 0 aromatic heterocycles. The van der Waals surface area contributed by atoms with Gasteiger partial charge in [0.25, 0.3) is 0 Å². The smallest absolute Gasteiger partial charge is 0.243 e. The Morgan fingerprint density at radius 1 is 1.14 bits per heavy atom. The number of carbonyl (C=O) groups excluding carboxylic acids is 1. The van der Waals surface area contributed by atoms with Gasteiger partial charge < -0.3 is 9.90 Å². The van der Waals surface area contributed by atoms with E-state index in [1.54, 1.807) is 18.2 Å². The molecule has 6 heteroatoms. The molecular weight excluding hydrogens is 290 g/mol. The lowest BCUT2D eigenvalue weighted by atomic mass is 9.85. The lowest BCUT2D eigenvalue weighted by molar-refractivity contribution is -0.310. The molecule has 114 valence electrons. The maximum absolute atomic E-state index is 12.8. The van der Waals surface area contributed by atoms with Gasteiger partial charge in [-0.1, -0.05) is 31.0 Å². The molecule has 3 rings (SSSR count). The number of fused-ring (bicyclic) bond motifs is 1. The van der Waals surface area contributed by atoms with Crippen LogP contribution >= 0.6 is 0 Å². The van der Waals surface area contributed by atoms with Crippen molar-refractivity contribution in [3.8, 4) is 0 Å². The molecule has 0 unspecified atom stereocenters. The second kappa shape index (κ2) is 5.42. The summed E-state index contributed by atoms with van der Waals surface area (Å²) >= 11 is 0. The fourth-order valence-corrected chi connectivity index (χ4v) is 5.57. The number of hydrogen-bond donors (Lipinski definition) is 0. The lowest BCUT2D eigenvalue weighted by Crippen LogP contribution is -2.50. The Kier molecular flexibility index (Phi) is 3.75. The molecule has 1 aliphatic heterocycles. The number of nitrogens with zero attached hydrogens (tertiary/aromatic N) is 1. The highest BCUT2D eigenvalue weighted by Gasteiger charge is 2.48. The zero-order chi connectivity index (χ0) is 15.0. The Hall–Kier alpha value is -1.40. The van der Waals surface area contributed by atoms with Crippen molar-refractivity contribution in [3.05, 3.63) is 30.3 Å². The molecule has 1 aromatic carbocycles. The van der Waals surface area contributed by atoms with Crippen molar-refractivity contribution in [1.29, 1.82) is 0 Å². The van der Waals surface area contributed by atoms with E-state index in [4.69, 9.17) is 0 Å². The van der Waals surface area contributed by atoms with Gasteiger partial charge in [0.2, 0.25) is 10.0 Å². The monoisotopic (exact) mass is 308 g/mol. The standard InChI is InChI=1S/C15H19NO4S/c17-15(18)14-10-11-6-4-5-9-13(11)16(14)21(19,20)12-7-2-1-3-8-12/h1-3,7-8,11,13-14H,4-6,9-10H2,(H,17,18)/p-1/t11-,13-,14-/m1/s1. The van der Waals surface area contributed by atoms with Gasteiger partial charge in [-0.25, -0.2) is 8.42 Å². The van der Waals surface area contributed by atoms with Gasteiger partial charge in [-0.05, 0) is 37.3 Å². The summed E-state index contributed by atoms with van der Waals surface area (Å²) in [5.74, 6) is -1.15. The van der Waals surface area contributed by atoms with Crippen molar-refractivity contribution in [2.24, 2.45) is 5.92 Å². The molecule has 1 saturated heterocycles. The van der Waals surface area contributed by atoms with E-state index in [1.165, 1.54) is 16.4 Å². The Balaban J connectivity index is 2.02. The molecule has 21 heavy (non-hydrogen) atoms. The Labute approximate surface area is 124 Å². The van der Waals surface area contributed by atoms with Crippen LogP contribution in [-0.2, 0) is 14.8 Å². The van der Waals surface area contributed by atoms with E-state index >= 15 is 0 Å². The number of sulfonamides is 1. The van der Waals surface area contributed by atoms with E-state index in [0.29, 0.717) is 6.42 Å². The second-order valence-electron chi connectivity index (χ2n) is 5.83. The molecule has 0 N–H and O–H groups in total. The zero-order valence-electron chi connectivity index (χ0n) is 11.6. The lowest BCUT2D eigenvalue weighted by Gasteiger charge is -2.33. The van der Waals surface area contributed by atoms with Crippen LogP contribution in [0.2, 0.25) is 0 Å². The van der Waals surface area contributed by atoms with Gasteiger partial charge >= 0.3 is 0 Å². The summed E-state index contributed by atoms with van der Waals surface area (Å²) in [5.41, 5.74) is 0. The average Bonchev–Trinajstić information content (AvgIpc) is 2.88. The minimum absolute atomic E-state index is 0.139. The molecule has 5 nitrogen and oxygen atoms in total. The summed E-state index contributed by atoms with van der Waals surface area (Å²) in [4.78, 5) is 11.6. The van der Waals surface area contributed by atoms with Crippen molar-refractivity contribution >= 4 is 16.0 Å². The Bertz CT molecular complexity index is 628. The Morgan fingerprint density at radius 2 is 1.81 bits per heavy atom. The molecule has 1 aliphatic carbocycles. The number of carboxylic acid groups (broad SMARTS) is 1. The van der Waals surface area contributed by atoms with Crippen LogP contribution in [0, 0.1) is 5.92 Å². The molecule has 3 atom stereocenters. The van der Waals surface area contributed by atoms with Crippen molar-refractivity contribution in [2.75, 3.05) is 0 Å². The van der Waals surface area contributed by atoms with Crippen molar-refractivity contribution in [1.82, 2.24) is 4.31 Å². The summed E-state index contributed by atoms with van der Waals surface area (Å²) in [6.45, 7) is 0. The molecule has 2 aliphatic rings. The normalized spacial score (nSPS) is 30.0. The van der Waals surface area contributed by atoms with Crippen LogP contribution < -0.4 is 5.11 Å². The summed E-state index contributed by atoms with van der Waals surface area (Å²) in [6.07, 6.45) is 4.00. The third-order valence-electron chi connectivity index (χ3n) is 4.62. The molecule has 2 fully saturated rings. The minimum Gasteiger partial charge on any atom is -0.548 e. The van der Waals surface area contributed by atoms with Gasteiger partial charge in [0.05, 0.1) is 16.9 Å². The van der Waals surface area contributed by atoms with Crippen LogP contribution in [0.5, 0.6) is 0 Å². The van der Waals surface area contributed by atoms with Gasteiger partial charge in [0.1, 0.15) is 0 Å². The van der Waals surface area contributed by atoms with Crippen LogP contribution in [0.25, 0.3) is 0 Å². The van der Waals surface area contributed by atoms with Crippen molar-refractivity contribution in [3.63, 3.8) is 0 Å². The van der Waals surface area contributed by atoms with E-state index in [0.717, 1.165) is 25.7 Å². The first kappa shape index (κ1) is 14.5. The largest absolute Gasteiger partial charge is 0.548 e. The average molecular weight is 308 g/mol. The predicted octanol–water partition coefficient (Wildman–Crippen LogP) is 0.758. The highest BCUT2D eigenvalue weighted by Crippen LogP contribution is 2.42. The van der Waals surface area contributed by atoms with E-state index in [-0.39, 0.29) is 16.9 Å². The fraction of sp³-hybridized carbons (Fsp3) is 0.533. The fourth-order valence-electron chi connectivity index (χ4n) is 3.68. The quantitative estimate of drug-likeness (QED) is 0.826. The molecule has 0 spiro atoms. The van der Waals surface area contributed by atoms with Crippen LogP contribution in [-0.4, -0.2) is 30.8 Å². The highest BCUT2D eigenvalue weighted by molar-refractivity contribution is 7.89. The molecule has 1 saturated carbocycles. The number of carbonyl (C=O) groups is 1. The van der Waals surface area contributed by atoms with Crippen LogP contribution in [0.1, 0.15) is 32.1 Å². The molecular formula is C15H18NO4S-. The van der Waals surface area contributed by atoms with Gasteiger partial charge in [0, 0.05) is 6.04 Å². The molecule has 0 radical (unpaired) electrons. The number of carboxylic acids is 1. The summed E-state index contributed by atoms with van der Waals surface area (Å²) in [5, 5.41) is 11.4. The van der Waals surface area contributed by atoms with E-state index in [1.807, 2.05) is 0 Å². The van der Waals surface area contributed by atoms with Crippen molar-refractivity contribution in [2.45, 2.75) is 49.1 Å². The molecule has 1 aromatic rings. The molecule has 1 heterocycles. The van der Waals surface area contributed by atoms with Crippen LogP contribution in [0.3, 0.4) is 0 Å². The third-order valence-corrected chi connectivity index (χ3v) is 6.57. The predicted molar refractivity (Wildman–Crippen MR) is 74.6 cm³/mol. The first-order chi connectivity index (χ1) is 10.0. The summed E-state index contributed by atoms with van der Waals surface area (Å²) in [6, 6.07) is 6.82. The van der Waals surface area contributed by atoms with Crippen molar-refractivity contribution < 1.29 is 18.3 Å². The minimum atomic E-state index is -3.79. The number of rotatable bonds is 3. The molecule has 0 amide bonds. The van der Waals surface area contributed by atoms with Gasteiger partial charge in [-0.3, -0.25) is 0 Å². The van der Waals surface area contributed by atoms with Gasteiger partial charge in [0.15, 0.2) is 0 Å². The number of aliphatic carboxylic acids is 1. The van der Waals surface area contributed by atoms with Crippen LogP contribution in [0.4, 0.5) is 0 Å². The van der Waals surface area contributed by atoms with Gasteiger partial charge in [-0.15, -0.1) is 0 Å². The number of benzene rings is 1. The second-order valence-corrected chi connectivity index (χ2v) is 7.67. The Morgan fingerprint density at radius 3 is 2.48 bits per heavy atom. The van der Waals surface area contributed by atoms with E-state index in [2.05, 4.69) is 0 Å². The van der Waals surface area contributed by atoms with Crippen LogP contribution in [0.15, 0.2) is 35.2 Å². The summed E-state index contributed by atoms with van der Waals surface area (Å²) < 4.78 is 26.9. The maximum Gasteiger partial charge on any atom is 0.243 e. The first-order valence-electron chi connectivity index (χ1n) is 7.31. The van der Waals surface area contributed by atoms with Gasteiger partial charge in [-0.2, -0.15) is 4.31 Å². The van der Waals surface area contributed by atoms with E-state index in [9.17, 15) is 18.3 Å². The number of hydrogen-bond acceptors (Lipinski definition) is 4. The maximum atomic E-state index is 12.8. The SMILES string of the molecule is O=C([O-])[C@H]1C[C@H]2CCCC[C@H]2N1S(=O)(=O)c1ccccc1. The third kappa shape index (κ3) is 2.46. The highest BCUT2D eigenvalue weighted by atomic mass is 32.2. The zero-order valence-corrected chi connectivity index (χ0v) is 12.5. The topological polar surface area (TPSA) is 77.5 Å². The molecule has 0 bridgehead atoms. The summed E-state index contributed by atoms with van der Waals surface area (Å²) in [7, 11) is -3.79.